The maximum atomic E-state index is 8.74. The van der Waals surface area contributed by atoms with Crippen LogP contribution in [0.15, 0.2) is 12.7 Å². The van der Waals surface area contributed by atoms with E-state index in [0.717, 1.165) is 0 Å². The maximum Gasteiger partial charge on any atom is 1.00 e. The van der Waals surface area contributed by atoms with Crippen LogP contribution in [0.4, 0.5) is 0 Å². The second kappa shape index (κ2) is 8.08. The molecule has 0 rings (SSSR count). The molecule has 0 aromatic rings. The van der Waals surface area contributed by atoms with Gasteiger partial charge >= 0.3 is 29.3 Å². The molecule has 0 spiro atoms. The van der Waals surface area contributed by atoms with Gasteiger partial charge in [-0.05, 0) is 0 Å². The molecule has 0 saturated carbocycles. The summed E-state index contributed by atoms with van der Waals surface area (Å²) in [6.45, 7) is 6.50. The van der Waals surface area contributed by atoms with Gasteiger partial charge in [0.2, 0.25) is 0 Å². The third kappa shape index (κ3) is 49800. The predicted molar refractivity (Wildman–Crippen MR) is 29.7 cm³/mol. The molecule has 50 valence electrons. The second-order valence-corrected chi connectivity index (χ2v) is 1.63. The van der Waals surface area contributed by atoms with E-state index >= 15 is 0 Å². The Balaban J connectivity index is -0.0000000800. The summed E-state index contributed by atoms with van der Waals surface area (Å²) in [5.41, 5.74) is 0. The second-order valence-electron chi connectivity index (χ2n) is 0.737. The van der Waals surface area contributed by atoms with E-state index in [1.54, 1.807) is 0 Å². The number of rotatable bonds is 0. The standard InChI is InChI=1S/C3H5.Li.H2O4S/c1-3-2;;1-5(2,3)4/h3H,1-2H2;;(H2,1,2,3,4)/q-1;+1;. The average molecular weight is 146 g/mol. The van der Waals surface area contributed by atoms with Crippen molar-refractivity contribution in [2.24, 2.45) is 0 Å². The molecule has 0 aliphatic carbocycles. The first-order valence-electron chi connectivity index (χ1n) is 1.51. The van der Waals surface area contributed by atoms with E-state index in [1.165, 1.54) is 6.08 Å². The zero-order chi connectivity index (χ0) is 7.21. The van der Waals surface area contributed by atoms with Gasteiger partial charge in [-0.1, -0.05) is 0 Å². The third-order valence-corrected chi connectivity index (χ3v) is 0. The van der Waals surface area contributed by atoms with Crippen LogP contribution in [-0.4, -0.2) is 17.5 Å². The number of hydrogen-bond acceptors (Lipinski definition) is 2. The Kier molecular flexibility index (Phi) is 14.4. The van der Waals surface area contributed by atoms with Crippen molar-refractivity contribution in [3.05, 3.63) is 19.6 Å². The Hall–Kier alpha value is 0.0774. The van der Waals surface area contributed by atoms with Crippen molar-refractivity contribution >= 4 is 10.4 Å². The fourth-order valence-electron chi connectivity index (χ4n) is 0. The van der Waals surface area contributed by atoms with Crippen LogP contribution in [-0.2, 0) is 10.4 Å². The van der Waals surface area contributed by atoms with Crippen LogP contribution in [0.25, 0.3) is 0 Å². The molecule has 0 radical (unpaired) electrons. The molecule has 0 atom stereocenters. The zero-order valence-electron chi connectivity index (χ0n) is 5.11. The first-order chi connectivity index (χ1) is 3.41. The van der Waals surface area contributed by atoms with Crippen molar-refractivity contribution in [1.29, 1.82) is 0 Å². The fraction of sp³-hybridized carbons (Fsp3) is 0. The minimum Gasteiger partial charge on any atom is -0.264 e. The monoisotopic (exact) mass is 146 g/mol. The van der Waals surface area contributed by atoms with Crippen LogP contribution in [0.2, 0.25) is 0 Å². The molecule has 0 aromatic heterocycles. The van der Waals surface area contributed by atoms with Gasteiger partial charge in [-0.15, -0.1) is 0 Å². The van der Waals surface area contributed by atoms with E-state index in [1.807, 2.05) is 0 Å². The van der Waals surface area contributed by atoms with Gasteiger partial charge in [-0.3, -0.25) is 9.11 Å². The van der Waals surface area contributed by atoms with Gasteiger partial charge < -0.3 is 0 Å². The minimum atomic E-state index is -4.67. The molecule has 0 saturated heterocycles. The van der Waals surface area contributed by atoms with E-state index in [0.29, 0.717) is 0 Å². The van der Waals surface area contributed by atoms with E-state index in [4.69, 9.17) is 17.5 Å². The molecule has 0 unspecified atom stereocenters. The van der Waals surface area contributed by atoms with Gasteiger partial charge in [0.05, 0.1) is 0 Å². The molecule has 6 heteroatoms. The van der Waals surface area contributed by atoms with E-state index in [2.05, 4.69) is 13.5 Å². The van der Waals surface area contributed by atoms with Crippen molar-refractivity contribution in [1.82, 2.24) is 0 Å². The zero-order valence-corrected chi connectivity index (χ0v) is 5.93. The molecule has 0 aliphatic heterocycles. The summed E-state index contributed by atoms with van der Waals surface area (Å²) >= 11 is 0. The molecule has 0 amide bonds. The van der Waals surface area contributed by atoms with E-state index in [9.17, 15) is 0 Å². The molecule has 0 aliphatic rings. The van der Waals surface area contributed by atoms with Crippen LogP contribution >= 0.6 is 0 Å². The Bertz CT molecular complexity index is 130. The SMILES string of the molecule is C=C[CH2-].O=S(=O)(O)O.[Li+]. The Labute approximate surface area is 66.7 Å². The topological polar surface area (TPSA) is 74.6 Å². The summed E-state index contributed by atoms with van der Waals surface area (Å²) in [6.07, 6.45) is 1.50. The number of allylic oxidation sites excluding steroid dienone is 1. The summed E-state index contributed by atoms with van der Waals surface area (Å²) in [5.74, 6) is 0. The van der Waals surface area contributed by atoms with Crippen LogP contribution in [0.3, 0.4) is 0 Å². The molecule has 9 heavy (non-hydrogen) atoms. The van der Waals surface area contributed by atoms with Crippen molar-refractivity contribution < 1.29 is 36.4 Å². The summed E-state index contributed by atoms with van der Waals surface area (Å²) in [5, 5.41) is 0. The largest absolute Gasteiger partial charge is 1.00 e. The third-order valence-electron chi connectivity index (χ3n) is 0. The molecular weight excluding hydrogens is 139 g/mol. The van der Waals surface area contributed by atoms with Gasteiger partial charge in [-0.2, -0.15) is 8.42 Å². The van der Waals surface area contributed by atoms with Crippen LogP contribution in [0.5, 0.6) is 0 Å². The van der Waals surface area contributed by atoms with Gasteiger partial charge in [0, 0.05) is 0 Å². The molecule has 4 nitrogen and oxygen atoms in total. The normalized spacial score (nSPS) is 7.78. The average Bonchev–Trinajstić information content (AvgIpc) is 1.27. The molecule has 0 aromatic carbocycles. The quantitative estimate of drug-likeness (QED) is 0.222. The first-order valence-corrected chi connectivity index (χ1v) is 2.91. The van der Waals surface area contributed by atoms with Crippen LogP contribution in [0.1, 0.15) is 0 Å². The van der Waals surface area contributed by atoms with E-state index in [-0.39, 0.29) is 18.9 Å². The van der Waals surface area contributed by atoms with Crippen molar-refractivity contribution in [3.63, 3.8) is 0 Å². The van der Waals surface area contributed by atoms with Gasteiger partial charge in [0.1, 0.15) is 0 Å². The molecule has 0 bridgehead atoms. The van der Waals surface area contributed by atoms with Crippen molar-refractivity contribution in [2.45, 2.75) is 0 Å². The number of hydrogen-bond donors (Lipinski definition) is 2. The summed E-state index contributed by atoms with van der Waals surface area (Å²) < 4.78 is 31.6. The van der Waals surface area contributed by atoms with Crippen molar-refractivity contribution in [2.75, 3.05) is 0 Å². The predicted octanol–water partition coefficient (Wildman–Crippen LogP) is -2.64. The summed E-state index contributed by atoms with van der Waals surface area (Å²) in [6, 6.07) is 0. The summed E-state index contributed by atoms with van der Waals surface area (Å²) in [4.78, 5) is 0. The Morgan fingerprint density at radius 2 is 1.44 bits per heavy atom. The molecule has 0 fully saturated rings. The molecule has 2 N–H and O–H groups in total. The Morgan fingerprint density at radius 3 is 1.44 bits per heavy atom. The minimum absolute atomic E-state index is 0. The Morgan fingerprint density at radius 1 is 1.44 bits per heavy atom. The molecule has 0 heterocycles. The smallest absolute Gasteiger partial charge is 0.264 e. The van der Waals surface area contributed by atoms with Gasteiger partial charge in [0.15, 0.2) is 0 Å². The first kappa shape index (κ1) is 16.0. The maximum absolute atomic E-state index is 8.74. The fourth-order valence-corrected chi connectivity index (χ4v) is 0. The van der Waals surface area contributed by atoms with Crippen LogP contribution in [0, 0.1) is 6.92 Å². The van der Waals surface area contributed by atoms with Crippen LogP contribution < -0.4 is 18.9 Å². The van der Waals surface area contributed by atoms with Gasteiger partial charge in [0.25, 0.3) is 0 Å². The van der Waals surface area contributed by atoms with Gasteiger partial charge in [-0.25, -0.2) is 19.6 Å². The van der Waals surface area contributed by atoms with E-state index < -0.39 is 10.4 Å². The molecular formula is C3H7LiO4S. The van der Waals surface area contributed by atoms with Crippen molar-refractivity contribution in [3.8, 4) is 0 Å². The summed E-state index contributed by atoms with van der Waals surface area (Å²) in [7, 11) is -4.67.